The molecule has 146 valence electrons. The summed E-state index contributed by atoms with van der Waals surface area (Å²) in [5.41, 5.74) is 1.56. The average molecular weight is 409 g/mol. The first kappa shape index (κ1) is 18.8. The molecule has 2 N–H and O–H groups in total. The molecule has 0 spiro atoms. The van der Waals surface area contributed by atoms with Crippen LogP contribution in [0, 0.1) is 5.82 Å². The van der Waals surface area contributed by atoms with Gasteiger partial charge in [0.1, 0.15) is 5.82 Å². The highest BCUT2D eigenvalue weighted by Crippen LogP contribution is 2.26. The topological polar surface area (TPSA) is 84.1 Å². The third-order valence-electron chi connectivity index (χ3n) is 4.33. The zero-order valence-corrected chi connectivity index (χ0v) is 15.9. The number of halogens is 1. The van der Waals surface area contributed by atoms with Crippen LogP contribution in [0.1, 0.15) is 27.0 Å². The van der Waals surface area contributed by atoms with Gasteiger partial charge in [-0.15, -0.1) is 11.3 Å². The molecule has 0 aliphatic rings. The number of rotatable bonds is 6. The minimum Gasteiger partial charge on any atom is -0.451 e. The number of H-pyrrole nitrogens is 1. The number of para-hydroxylation sites is 1. The standard InChI is InChI=1S/C21H16FN3O3S/c22-14-9-7-13(8-10-14)19(17-6-3-11-29-17)23-18(26)12-28-21(27)20-15-4-1-2-5-16(15)24-25-20/h1-11,19H,12H2,(H,23,26)(H,24,25)/t19-/m1/s1. The lowest BCUT2D eigenvalue weighted by Crippen LogP contribution is -2.32. The van der Waals surface area contributed by atoms with E-state index >= 15 is 0 Å². The van der Waals surface area contributed by atoms with Crippen LogP contribution in [0.3, 0.4) is 0 Å². The van der Waals surface area contributed by atoms with Gasteiger partial charge in [-0.25, -0.2) is 9.18 Å². The fourth-order valence-corrected chi connectivity index (χ4v) is 3.75. The minimum absolute atomic E-state index is 0.127. The lowest BCUT2D eigenvalue weighted by Gasteiger charge is -2.18. The number of thiophene rings is 1. The minimum atomic E-state index is -0.688. The van der Waals surface area contributed by atoms with Crippen LogP contribution in [-0.2, 0) is 9.53 Å². The fraction of sp³-hybridized carbons (Fsp3) is 0.0952. The van der Waals surface area contributed by atoms with Crippen molar-refractivity contribution in [3.8, 4) is 0 Å². The molecule has 1 atom stereocenters. The van der Waals surface area contributed by atoms with Crippen molar-refractivity contribution in [3.63, 3.8) is 0 Å². The third kappa shape index (κ3) is 4.17. The molecular weight excluding hydrogens is 393 g/mol. The number of esters is 1. The summed E-state index contributed by atoms with van der Waals surface area (Å²) >= 11 is 1.47. The van der Waals surface area contributed by atoms with Gasteiger partial charge >= 0.3 is 5.97 Å². The van der Waals surface area contributed by atoms with Crippen molar-refractivity contribution >= 4 is 34.1 Å². The van der Waals surface area contributed by atoms with Crippen LogP contribution in [0.4, 0.5) is 4.39 Å². The Morgan fingerprint density at radius 2 is 1.90 bits per heavy atom. The number of nitrogens with one attached hydrogen (secondary N) is 2. The van der Waals surface area contributed by atoms with Crippen molar-refractivity contribution in [2.24, 2.45) is 0 Å². The van der Waals surface area contributed by atoms with E-state index in [1.165, 1.54) is 23.5 Å². The summed E-state index contributed by atoms with van der Waals surface area (Å²) in [7, 11) is 0. The molecule has 2 aromatic carbocycles. The Morgan fingerprint density at radius 1 is 1.10 bits per heavy atom. The molecule has 0 aliphatic carbocycles. The van der Waals surface area contributed by atoms with Gasteiger partial charge in [-0.2, -0.15) is 5.10 Å². The normalized spacial score (nSPS) is 11.9. The van der Waals surface area contributed by atoms with Crippen LogP contribution < -0.4 is 5.32 Å². The predicted molar refractivity (Wildman–Crippen MR) is 107 cm³/mol. The monoisotopic (exact) mass is 409 g/mol. The summed E-state index contributed by atoms with van der Waals surface area (Å²) in [6, 6.07) is 16.3. The zero-order valence-electron chi connectivity index (χ0n) is 15.1. The van der Waals surface area contributed by atoms with Gasteiger partial charge in [-0.1, -0.05) is 36.4 Å². The molecule has 0 radical (unpaired) electrons. The maximum Gasteiger partial charge on any atom is 0.359 e. The quantitative estimate of drug-likeness (QED) is 0.474. The van der Waals surface area contributed by atoms with Crippen molar-refractivity contribution < 1.29 is 18.7 Å². The number of aromatic amines is 1. The Hall–Kier alpha value is -3.52. The molecule has 6 nitrogen and oxygen atoms in total. The van der Waals surface area contributed by atoms with Crippen LogP contribution >= 0.6 is 11.3 Å². The molecule has 4 rings (SSSR count). The molecular formula is C21H16FN3O3S. The second kappa shape index (κ2) is 8.24. The molecule has 1 amide bonds. The number of aromatic nitrogens is 2. The number of hydrogen-bond donors (Lipinski definition) is 2. The predicted octanol–water partition coefficient (Wildman–Crippen LogP) is 3.83. The van der Waals surface area contributed by atoms with Gasteiger partial charge in [0.25, 0.3) is 5.91 Å². The summed E-state index contributed by atoms with van der Waals surface area (Å²) in [4.78, 5) is 25.6. The fourth-order valence-electron chi connectivity index (χ4n) is 2.95. The largest absolute Gasteiger partial charge is 0.451 e. The summed E-state index contributed by atoms with van der Waals surface area (Å²) in [5.74, 6) is -1.52. The van der Waals surface area contributed by atoms with E-state index in [1.54, 1.807) is 30.3 Å². The molecule has 0 saturated heterocycles. The van der Waals surface area contributed by atoms with Gasteiger partial charge in [0.05, 0.1) is 11.6 Å². The van der Waals surface area contributed by atoms with Crippen LogP contribution in [0.5, 0.6) is 0 Å². The van der Waals surface area contributed by atoms with Gasteiger partial charge in [0.2, 0.25) is 0 Å². The number of nitrogens with zero attached hydrogens (tertiary/aromatic N) is 1. The number of ether oxygens (including phenoxy) is 1. The van der Waals surface area contributed by atoms with E-state index in [0.717, 1.165) is 10.4 Å². The van der Waals surface area contributed by atoms with Gasteiger partial charge < -0.3 is 10.1 Å². The van der Waals surface area contributed by atoms with Crippen LogP contribution in [0.25, 0.3) is 10.9 Å². The number of benzene rings is 2. The van der Waals surface area contributed by atoms with Crippen molar-refractivity contribution in [1.29, 1.82) is 0 Å². The highest BCUT2D eigenvalue weighted by atomic mass is 32.1. The molecule has 8 heteroatoms. The molecule has 2 heterocycles. The van der Waals surface area contributed by atoms with Crippen molar-refractivity contribution in [2.45, 2.75) is 6.04 Å². The Labute approximate surface area is 169 Å². The van der Waals surface area contributed by atoms with Crippen molar-refractivity contribution in [3.05, 3.63) is 88.0 Å². The highest BCUT2D eigenvalue weighted by molar-refractivity contribution is 7.10. The van der Waals surface area contributed by atoms with E-state index in [4.69, 9.17) is 4.74 Å². The van der Waals surface area contributed by atoms with E-state index in [0.29, 0.717) is 10.9 Å². The van der Waals surface area contributed by atoms with Gasteiger partial charge in [0.15, 0.2) is 12.3 Å². The summed E-state index contributed by atoms with van der Waals surface area (Å²) in [5, 5.41) is 12.1. The van der Waals surface area contributed by atoms with E-state index in [-0.39, 0.29) is 11.5 Å². The van der Waals surface area contributed by atoms with Crippen molar-refractivity contribution in [1.82, 2.24) is 15.5 Å². The highest BCUT2D eigenvalue weighted by Gasteiger charge is 2.21. The maximum atomic E-state index is 13.3. The van der Waals surface area contributed by atoms with Crippen molar-refractivity contribution in [2.75, 3.05) is 6.61 Å². The molecule has 0 fully saturated rings. The Bertz CT molecular complexity index is 1140. The van der Waals surface area contributed by atoms with E-state index in [1.807, 2.05) is 23.6 Å². The first-order valence-electron chi connectivity index (χ1n) is 8.80. The second-order valence-corrected chi connectivity index (χ2v) is 7.24. The molecule has 2 aromatic heterocycles. The van der Waals surface area contributed by atoms with Crippen LogP contribution in [0.15, 0.2) is 66.0 Å². The first-order valence-corrected chi connectivity index (χ1v) is 9.68. The number of carbonyl (C=O) groups is 2. The lowest BCUT2D eigenvalue weighted by molar-refractivity contribution is -0.124. The van der Waals surface area contributed by atoms with E-state index in [9.17, 15) is 14.0 Å². The van der Waals surface area contributed by atoms with Gasteiger partial charge in [-0.3, -0.25) is 9.89 Å². The third-order valence-corrected chi connectivity index (χ3v) is 5.27. The van der Waals surface area contributed by atoms with Crippen LogP contribution in [0.2, 0.25) is 0 Å². The lowest BCUT2D eigenvalue weighted by atomic mass is 10.1. The molecule has 29 heavy (non-hydrogen) atoms. The number of carbonyl (C=O) groups excluding carboxylic acids is 2. The van der Waals surface area contributed by atoms with Gasteiger partial charge in [-0.05, 0) is 35.2 Å². The Morgan fingerprint density at radius 3 is 2.66 bits per heavy atom. The van der Waals surface area contributed by atoms with E-state index in [2.05, 4.69) is 15.5 Å². The Kier molecular flexibility index (Phi) is 5.35. The van der Waals surface area contributed by atoms with Crippen LogP contribution in [-0.4, -0.2) is 28.7 Å². The summed E-state index contributed by atoms with van der Waals surface area (Å²) in [6.45, 7) is -0.455. The summed E-state index contributed by atoms with van der Waals surface area (Å²) in [6.07, 6.45) is 0. The van der Waals surface area contributed by atoms with E-state index < -0.39 is 24.5 Å². The number of amides is 1. The number of hydrogen-bond acceptors (Lipinski definition) is 5. The second-order valence-electron chi connectivity index (χ2n) is 6.26. The summed E-state index contributed by atoms with van der Waals surface area (Å²) < 4.78 is 18.4. The molecule has 4 aromatic rings. The molecule has 0 unspecified atom stereocenters. The molecule has 0 saturated carbocycles. The maximum absolute atomic E-state index is 13.3. The average Bonchev–Trinajstić information content (AvgIpc) is 3.41. The zero-order chi connectivity index (χ0) is 20.2. The first-order chi connectivity index (χ1) is 14.1. The SMILES string of the molecule is O=C(COC(=O)c1n[nH]c2ccccc12)N[C@H](c1ccc(F)cc1)c1cccs1. The Balaban J connectivity index is 1.44. The molecule has 0 aliphatic heterocycles. The molecule has 0 bridgehead atoms. The number of fused-ring (bicyclic) bond motifs is 1. The van der Waals surface area contributed by atoms with Gasteiger partial charge in [0, 0.05) is 10.3 Å². The smallest absolute Gasteiger partial charge is 0.359 e.